The van der Waals surface area contributed by atoms with Gasteiger partial charge in [0.1, 0.15) is 0 Å². The van der Waals surface area contributed by atoms with Crippen LogP contribution in [0.2, 0.25) is 0 Å². The lowest BCUT2D eigenvalue weighted by Crippen LogP contribution is -2.15. The first-order valence-electron chi connectivity index (χ1n) is 6.79. The molecule has 1 nitrogen and oxygen atoms in total. The zero-order chi connectivity index (χ0) is 13.3. The summed E-state index contributed by atoms with van der Waals surface area (Å²) in [6.07, 6.45) is 4.55. The zero-order valence-corrected chi connectivity index (χ0v) is 12.7. The SMILES string of the molecule is CC1(Cc2nc(-c3ccccc3)cs2)CCC(Cl)C1. The average Bonchev–Trinajstić information content (AvgIpc) is 2.98. The van der Waals surface area contributed by atoms with Gasteiger partial charge in [-0.2, -0.15) is 0 Å². The first kappa shape index (κ1) is 13.1. The van der Waals surface area contributed by atoms with E-state index in [2.05, 4.69) is 36.6 Å². The second-order valence-corrected chi connectivity index (χ2v) is 7.38. The van der Waals surface area contributed by atoms with Crippen LogP contribution in [0, 0.1) is 5.41 Å². The van der Waals surface area contributed by atoms with Crippen molar-refractivity contribution in [1.82, 2.24) is 4.98 Å². The molecule has 0 bridgehead atoms. The summed E-state index contributed by atoms with van der Waals surface area (Å²) < 4.78 is 0. The Morgan fingerprint density at radius 2 is 2.16 bits per heavy atom. The van der Waals surface area contributed by atoms with E-state index in [1.54, 1.807) is 11.3 Å². The monoisotopic (exact) mass is 291 g/mol. The van der Waals surface area contributed by atoms with Crippen molar-refractivity contribution in [3.05, 3.63) is 40.7 Å². The van der Waals surface area contributed by atoms with Crippen molar-refractivity contribution < 1.29 is 0 Å². The summed E-state index contributed by atoms with van der Waals surface area (Å²) in [5, 5.41) is 3.77. The van der Waals surface area contributed by atoms with Crippen molar-refractivity contribution in [2.75, 3.05) is 0 Å². The lowest BCUT2D eigenvalue weighted by Gasteiger charge is -2.21. The van der Waals surface area contributed by atoms with Crippen LogP contribution in [0.5, 0.6) is 0 Å². The number of nitrogens with zero attached hydrogens (tertiary/aromatic N) is 1. The van der Waals surface area contributed by atoms with Gasteiger partial charge in [0.15, 0.2) is 0 Å². The van der Waals surface area contributed by atoms with E-state index < -0.39 is 0 Å². The summed E-state index contributed by atoms with van der Waals surface area (Å²) in [4.78, 5) is 4.79. The Bertz CT molecular complexity index is 551. The van der Waals surface area contributed by atoms with Crippen LogP contribution in [-0.4, -0.2) is 10.4 Å². The summed E-state index contributed by atoms with van der Waals surface area (Å²) in [5.41, 5.74) is 2.65. The van der Waals surface area contributed by atoms with E-state index in [0.29, 0.717) is 10.8 Å². The van der Waals surface area contributed by atoms with E-state index in [4.69, 9.17) is 16.6 Å². The average molecular weight is 292 g/mol. The molecule has 0 amide bonds. The molecule has 2 aromatic rings. The lowest BCUT2D eigenvalue weighted by molar-refractivity contribution is 0.335. The van der Waals surface area contributed by atoms with E-state index in [0.717, 1.165) is 25.0 Å². The Morgan fingerprint density at radius 3 is 2.84 bits per heavy atom. The fourth-order valence-electron chi connectivity index (χ4n) is 2.90. The molecule has 1 heterocycles. The molecule has 0 spiro atoms. The van der Waals surface area contributed by atoms with Gasteiger partial charge in [-0.15, -0.1) is 22.9 Å². The molecule has 0 N–H and O–H groups in total. The van der Waals surface area contributed by atoms with Crippen molar-refractivity contribution in [3.63, 3.8) is 0 Å². The molecule has 1 saturated carbocycles. The van der Waals surface area contributed by atoms with Crippen LogP contribution < -0.4 is 0 Å². The third kappa shape index (κ3) is 3.01. The van der Waals surface area contributed by atoms with Gasteiger partial charge in [-0.05, 0) is 24.7 Å². The molecule has 1 aliphatic rings. The second-order valence-electron chi connectivity index (χ2n) is 5.82. The molecule has 3 heteroatoms. The maximum absolute atomic E-state index is 6.25. The molecule has 0 saturated heterocycles. The summed E-state index contributed by atoms with van der Waals surface area (Å²) >= 11 is 8.02. The largest absolute Gasteiger partial charge is 0.241 e. The molecule has 1 aliphatic carbocycles. The van der Waals surface area contributed by atoms with Gasteiger partial charge in [0, 0.05) is 22.7 Å². The van der Waals surface area contributed by atoms with Crippen LogP contribution >= 0.6 is 22.9 Å². The van der Waals surface area contributed by atoms with Gasteiger partial charge in [-0.25, -0.2) is 4.98 Å². The quantitative estimate of drug-likeness (QED) is 0.713. The second kappa shape index (κ2) is 5.26. The Kier molecular flexibility index (Phi) is 3.64. The van der Waals surface area contributed by atoms with Crippen molar-refractivity contribution in [2.24, 2.45) is 5.41 Å². The Balaban J connectivity index is 1.75. The van der Waals surface area contributed by atoms with E-state index in [9.17, 15) is 0 Å². The van der Waals surface area contributed by atoms with Crippen LogP contribution in [0.1, 0.15) is 31.2 Å². The molecule has 2 unspecified atom stereocenters. The van der Waals surface area contributed by atoms with Gasteiger partial charge < -0.3 is 0 Å². The van der Waals surface area contributed by atoms with Crippen molar-refractivity contribution >= 4 is 22.9 Å². The van der Waals surface area contributed by atoms with Crippen LogP contribution in [0.25, 0.3) is 11.3 Å². The van der Waals surface area contributed by atoms with Crippen LogP contribution in [0.15, 0.2) is 35.7 Å². The van der Waals surface area contributed by atoms with Crippen LogP contribution in [-0.2, 0) is 6.42 Å². The normalized spacial score (nSPS) is 26.7. The molecule has 19 heavy (non-hydrogen) atoms. The van der Waals surface area contributed by atoms with Crippen LogP contribution in [0.3, 0.4) is 0 Å². The van der Waals surface area contributed by atoms with Crippen molar-refractivity contribution in [1.29, 1.82) is 0 Å². The summed E-state index contributed by atoms with van der Waals surface area (Å²) in [6, 6.07) is 10.4. The summed E-state index contributed by atoms with van der Waals surface area (Å²) in [6.45, 7) is 2.35. The van der Waals surface area contributed by atoms with Crippen LogP contribution in [0.4, 0.5) is 0 Å². The van der Waals surface area contributed by atoms with E-state index in [1.807, 2.05) is 6.07 Å². The third-order valence-electron chi connectivity index (χ3n) is 3.97. The van der Waals surface area contributed by atoms with Crippen molar-refractivity contribution in [2.45, 2.75) is 38.0 Å². The van der Waals surface area contributed by atoms with E-state index >= 15 is 0 Å². The molecule has 0 aliphatic heterocycles. The predicted molar refractivity (Wildman–Crippen MR) is 82.9 cm³/mol. The number of thiazole rings is 1. The number of benzene rings is 1. The molecular weight excluding hydrogens is 274 g/mol. The molecule has 1 aromatic heterocycles. The van der Waals surface area contributed by atoms with Gasteiger partial charge in [0.2, 0.25) is 0 Å². The Hall–Kier alpha value is -0.860. The minimum absolute atomic E-state index is 0.345. The van der Waals surface area contributed by atoms with Gasteiger partial charge >= 0.3 is 0 Å². The Morgan fingerprint density at radius 1 is 1.37 bits per heavy atom. The standard InChI is InChI=1S/C16H18ClNS/c1-16(8-7-13(17)9-16)10-15-18-14(11-19-15)12-5-3-2-4-6-12/h2-6,11,13H,7-10H2,1H3. The smallest absolute Gasteiger partial charge is 0.0938 e. The fraction of sp³-hybridized carbons (Fsp3) is 0.438. The minimum atomic E-state index is 0.345. The number of halogens is 1. The Labute approximate surface area is 123 Å². The summed E-state index contributed by atoms with van der Waals surface area (Å²) in [7, 11) is 0. The topological polar surface area (TPSA) is 12.9 Å². The summed E-state index contributed by atoms with van der Waals surface area (Å²) in [5.74, 6) is 0. The number of alkyl halides is 1. The molecular formula is C16H18ClNS. The molecule has 1 fully saturated rings. The number of hydrogen-bond donors (Lipinski definition) is 0. The van der Waals surface area contributed by atoms with Gasteiger partial charge in [-0.3, -0.25) is 0 Å². The van der Waals surface area contributed by atoms with E-state index in [-0.39, 0.29) is 0 Å². The number of rotatable bonds is 3. The van der Waals surface area contributed by atoms with E-state index in [1.165, 1.54) is 17.0 Å². The molecule has 2 atom stereocenters. The number of aromatic nitrogens is 1. The maximum Gasteiger partial charge on any atom is 0.0938 e. The first-order valence-corrected chi connectivity index (χ1v) is 8.10. The predicted octanol–water partition coefficient (Wildman–Crippen LogP) is 5.15. The minimum Gasteiger partial charge on any atom is -0.241 e. The van der Waals surface area contributed by atoms with Gasteiger partial charge in [-0.1, -0.05) is 37.3 Å². The van der Waals surface area contributed by atoms with Crippen molar-refractivity contribution in [3.8, 4) is 11.3 Å². The fourth-order valence-corrected chi connectivity index (χ4v) is 4.40. The lowest BCUT2D eigenvalue weighted by atomic mass is 9.85. The molecule has 0 radical (unpaired) electrons. The first-order chi connectivity index (χ1) is 9.15. The molecule has 3 rings (SSSR count). The maximum atomic E-state index is 6.25. The molecule has 100 valence electrons. The van der Waals surface area contributed by atoms with Gasteiger partial charge in [0.25, 0.3) is 0 Å². The number of hydrogen-bond acceptors (Lipinski definition) is 2. The highest BCUT2D eigenvalue weighted by atomic mass is 35.5. The third-order valence-corrected chi connectivity index (χ3v) is 5.20. The molecule has 1 aromatic carbocycles. The highest BCUT2D eigenvalue weighted by molar-refractivity contribution is 7.09. The highest BCUT2D eigenvalue weighted by Gasteiger charge is 2.34. The van der Waals surface area contributed by atoms with Gasteiger partial charge in [0.05, 0.1) is 10.7 Å². The highest BCUT2D eigenvalue weighted by Crippen LogP contribution is 2.43. The zero-order valence-electron chi connectivity index (χ0n) is 11.1.